The molecule has 0 radical (unpaired) electrons. The van der Waals surface area contributed by atoms with Crippen LogP contribution in [-0.4, -0.2) is 18.3 Å². The molecule has 0 spiro atoms. The van der Waals surface area contributed by atoms with Gasteiger partial charge in [0.05, 0.1) is 14.6 Å². The Hall–Kier alpha value is -0.440. The quantitative estimate of drug-likeness (QED) is 0.475. The summed E-state index contributed by atoms with van der Waals surface area (Å²) in [5.41, 5.74) is 1.82. The van der Waals surface area contributed by atoms with Crippen LogP contribution in [-0.2, 0) is 0 Å². The highest BCUT2D eigenvalue weighted by atomic mass is 32.2. The lowest BCUT2D eigenvalue weighted by atomic mass is 9.82. The second-order valence-corrected chi connectivity index (χ2v) is 6.81. The van der Waals surface area contributed by atoms with Crippen LogP contribution in [0, 0.1) is 11.3 Å². The molecule has 1 aromatic heterocycles. The van der Waals surface area contributed by atoms with E-state index in [-0.39, 0.29) is 5.78 Å². The number of carbonyl (C=O) groups excluding carboxylic acids is 1. The zero-order chi connectivity index (χ0) is 15.1. The van der Waals surface area contributed by atoms with Crippen LogP contribution >= 0.6 is 35.7 Å². The molecule has 0 aliphatic heterocycles. The Balaban J connectivity index is 0.000000956. The number of thiol groups is 1. The van der Waals surface area contributed by atoms with E-state index in [0.717, 1.165) is 33.1 Å². The minimum absolute atomic E-state index is 0.109. The molecular formula is C15H21NOS3. The average Bonchev–Trinajstić information content (AvgIpc) is 2.89. The number of thioether (sulfide) groups is 1. The minimum atomic E-state index is 0.109. The summed E-state index contributed by atoms with van der Waals surface area (Å²) >= 11 is 6.61. The molecule has 1 aromatic rings. The summed E-state index contributed by atoms with van der Waals surface area (Å²) in [5.74, 6) is 0.529. The Morgan fingerprint density at radius 1 is 1.35 bits per heavy atom. The number of carbonyl (C=O) groups is 1. The number of hydrogen-bond donors (Lipinski definition) is 1. The Labute approximate surface area is 135 Å². The summed E-state index contributed by atoms with van der Waals surface area (Å²) in [6.45, 7) is 1.61. The van der Waals surface area contributed by atoms with Crippen molar-refractivity contribution in [3.05, 3.63) is 16.0 Å². The van der Waals surface area contributed by atoms with Gasteiger partial charge in [-0.3, -0.25) is 4.79 Å². The Kier molecular flexibility index (Phi) is 7.71. The third kappa shape index (κ3) is 3.81. The molecule has 110 valence electrons. The molecule has 0 atom stereocenters. The summed E-state index contributed by atoms with van der Waals surface area (Å²) in [4.78, 5) is 12.6. The van der Waals surface area contributed by atoms with Gasteiger partial charge in [-0.2, -0.15) is 17.9 Å². The predicted octanol–water partition coefficient (Wildman–Crippen LogP) is 5.14. The van der Waals surface area contributed by atoms with Crippen molar-refractivity contribution in [3.8, 4) is 6.07 Å². The van der Waals surface area contributed by atoms with E-state index in [9.17, 15) is 10.1 Å². The average molecular weight is 328 g/mol. The maximum atomic E-state index is 11.8. The van der Waals surface area contributed by atoms with Crippen LogP contribution in [0.4, 0.5) is 0 Å². The first kappa shape index (κ1) is 17.6. The van der Waals surface area contributed by atoms with Gasteiger partial charge in [0.15, 0.2) is 5.78 Å². The fraction of sp³-hybridized carbons (Fsp3) is 0.600. The molecular weight excluding hydrogens is 306 g/mol. The number of ketones is 1. The maximum absolute atomic E-state index is 11.8. The number of Topliss-reactive ketones (excluding diaryl/α,β-unsaturated/α-hetero) is 1. The van der Waals surface area contributed by atoms with Crippen molar-refractivity contribution < 1.29 is 4.79 Å². The second-order valence-electron chi connectivity index (χ2n) is 4.71. The molecule has 5 heteroatoms. The van der Waals surface area contributed by atoms with Crippen LogP contribution in [0.5, 0.6) is 0 Å². The fourth-order valence-corrected chi connectivity index (χ4v) is 4.62. The zero-order valence-corrected chi connectivity index (χ0v) is 14.8. The first-order chi connectivity index (χ1) is 9.69. The van der Waals surface area contributed by atoms with Crippen molar-refractivity contribution >= 4 is 41.5 Å². The number of nitrogens with zero attached hydrogens (tertiary/aromatic N) is 1. The van der Waals surface area contributed by atoms with Crippen LogP contribution in [0.15, 0.2) is 4.21 Å². The lowest BCUT2D eigenvalue weighted by molar-refractivity contribution is 0.102. The Morgan fingerprint density at radius 2 is 1.95 bits per heavy atom. The van der Waals surface area contributed by atoms with Crippen LogP contribution in [0.1, 0.15) is 65.7 Å². The number of rotatable bonds is 3. The highest BCUT2D eigenvalue weighted by Gasteiger charge is 2.27. The normalized spacial score (nSPS) is 15.2. The molecule has 1 saturated carbocycles. The molecule has 1 heterocycles. The number of hydrogen-bond acceptors (Lipinski definition) is 5. The lowest BCUT2D eigenvalue weighted by Crippen LogP contribution is -2.08. The van der Waals surface area contributed by atoms with Gasteiger partial charge in [-0.15, -0.1) is 23.1 Å². The van der Waals surface area contributed by atoms with E-state index in [1.54, 1.807) is 24.9 Å². The van der Waals surface area contributed by atoms with Gasteiger partial charge in [0.2, 0.25) is 0 Å². The fourth-order valence-electron chi connectivity index (χ4n) is 2.71. The van der Waals surface area contributed by atoms with Crippen LogP contribution in [0.25, 0.3) is 0 Å². The molecule has 1 aliphatic carbocycles. The Bertz CT molecular complexity index is 496. The van der Waals surface area contributed by atoms with Crippen molar-refractivity contribution in [2.45, 2.75) is 49.2 Å². The van der Waals surface area contributed by atoms with Crippen molar-refractivity contribution in [2.75, 3.05) is 12.5 Å². The molecule has 0 bridgehead atoms. The van der Waals surface area contributed by atoms with E-state index in [4.69, 9.17) is 0 Å². The molecule has 1 fully saturated rings. The van der Waals surface area contributed by atoms with Gasteiger partial charge in [0, 0.05) is 0 Å². The second kappa shape index (κ2) is 8.76. The van der Waals surface area contributed by atoms with Crippen molar-refractivity contribution in [3.63, 3.8) is 0 Å². The monoisotopic (exact) mass is 327 g/mol. The molecule has 0 unspecified atom stereocenters. The van der Waals surface area contributed by atoms with Crippen molar-refractivity contribution in [1.82, 2.24) is 0 Å². The third-order valence-corrected chi connectivity index (χ3v) is 5.97. The molecule has 0 aromatic carbocycles. The SMILES string of the molecule is CS.CSc1sc(C(C)=O)c(C2CCCCC2)c1C#N. The third-order valence-electron chi connectivity index (χ3n) is 3.54. The molecule has 0 saturated heterocycles. The molecule has 0 amide bonds. The van der Waals surface area contributed by atoms with Crippen molar-refractivity contribution in [1.29, 1.82) is 5.26 Å². The van der Waals surface area contributed by atoms with Crippen LogP contribution in [0.2, 0.25) is 0 Å². The predicted molar refractivity (Wildman–Crippen MR) is 91.6 cm³/mol. The van der Waals surface area contributed by atoms with E-state index < -0.39 is 0 Å². The minimum Gasteiger partial charge on any atom is -0.294 e. The van der Waals surface area contributed by atoms with Gasteiger partial charge in [-0.25, -0.2) is 0 Å². The van der Waals surface area contributed by atoms with Gasteiger partial charge in [-0.1, -0.05) is 19.3 Å². The number of nitriles is 1. The Morgan fingerprint density at radius 3 is 2.40 bits per heavy atom. The molecule has 20 heavy (non-hydrogen) atoms. The zero-order valence-electron chi connectivity index (χ0n) is 12.2. The highest BCUT2D eigenvalue weighted by molar-refractivity contribution is 8.00. The summed E-state index contributed by atoms with van der Waals surface area (Å²) in [5, 5.41) is 9.39. The first-order valence-corrected chi connectivity index (χ1v) is 9.69. The van der Waals surface area contributed by atoms with E-state index >= 15 is 0 Å². The van der Waals surface area contributed by atoms with Crippen LogP contribution < -0.4 is 0 Å². The largest absolute Gasteiger partial charge is 0.294 e. The van der Waals surface area contributed by atoms with Crippen molar-refractivity contribution in [2.24, 2.45) is 0 Å². The topological polar surface area (TPSA) is 40.9 Å². The van der Waals surface area contributed by atoms with E-state index in [1.165, 1.54) is 30.6 Å². The summed E-state index contributed by atoms with van der Waals surface area (Å²) in [6, 6.07) is 2.33. The smallest absolute Gasteiger partial charge is 0.170 e. The van der Waals surface area contributed by atoms with Gasteiger partial charge < -0.3 is 0 Å². The molecule has 2 rings (SSSR count). The summed E-state index contributed by atoms with van der Waals surface area (Å²) in [6.07, 6.45) is 9.64. The molecule has 1 aliphatic rings. The van der Waals surface area contributed by atoms with E-state index in [2.05, 4.69) is 18.7 Å². The van der Waals surface area contributed by atoms with Gasteiger partial charge >= 0.3 is 0 Å². The van der Waals surface area contributed by atoms with Crippen LogP contribution in [0.3, 0.4) is 0 Å². The molecule has 0 N–H and O–H groups in total. The lowest BCUT2D eigenvalue weighted by Gasteiger charge is -2.22. The first-order valence-electron chi connectivity index (χ1n) is 6.75. The van der Waals surface area contributed by atoms with Gasteiger partial charge in [-0.05, 0) is 43.8 Å². The van der Waals surface area contributed by atoms with Gasteiger partial charge in [0.1, 0.15) is 6.07 Å². The standard InChI is InChI=1S/C14H17NOS2.CH4S/c1-9(16)13-12(10-6-4-3-5-7-10)11(8-15)14(17-2)18-13;1-2/h10H,3-7H2,1-2H3;2H,1H3. The van der Waals surface area contributed by atoms with E-state index in [0.29, 0.717) is 5.92 Å². The highest BCUT2D eigenvalue weighted by Crippen LogP contribution is 2.43. The molecule has 2 nitrogen and oxygen atoms in total. The summed E-state index contributed by atoms with van der Waals surface area (Å²) in [7, 11) is 0. The van der Waals surface area contributed by atoms with E-state index in [1.807, 2.05) is 6.26 Å². The maximum Gasteiger partial charge on any atom is 0.170 e. The summed E-state index contributed by atoms with van der Waals surface area (Å²) < 4.78 is 1.00. The van der Waals surface area contributed by atoms with Gasteiger partial charge in [0.25, 0.3) is 0 Å². The number of thiophene rings is 1.